The largest absolute Gasteiger partial charge is 0.280 e. The topological polar surface area (TPSA) is 99.2 Å². The molecule has 1 aromatic heterocycles. The Bertz CT molecular complexity index is 596. The van der Waals surface area contributed by atoms with Gasteiger partial charge in [-0.1, -0.05) is 0 Å². The van der Waals surface area contributed by atoms with Crippen LogP contribution in [-0.2, 0) is 0 Å². The predicted octanol–water partition coefficient (Wildman–Crippen LogP) is 2.05. The fourth-order valence-electron chi connectivity index (χ4n) is 1.39. The summed E-state index contributed by atoms with van der Waals surface area (Å²) in [6, 6.07) is 5.02. The molecular formula is C9H5N3O4. The van der Waals surface area contributed by atoms with Crippen LogP contribution in [0.4, 0.5) is 11.4 Å². The van der Waals surface area contributed by atoms with E-state index in [0.717, 1.165) is 0 Å². The molecule has 0 unspecified atom stereocenters. The van der Waals surface area contributed by atoms with E-state index in [9.17, 15) is 20.2 Å². The van der Waals surface area contributed by atoms with Gasteiger partial charge in [-0.2, -0.15) is 0 Å². The van der Waals surface area contributed by atoms with Crippen molar-refractivity contribution in [2.75, 3.05) is 0 Å². The summed E-state index contributed by atoms with van der Waals surface area (Å²) in [5, 5.41) is 21.5. The van der Waals surface area contributed by atoms with Crippen LogP contribution < -0.4 is 0 Å². The zero-order valence-corrected chi connectivity index (χ0v) is 7.86. The van der Waals surface area contributed by atoms with Crippen molar-refractivity contribution in [2.45, 2.75) is 0 Å². The Morgan fingerprint density at radius 3 is 2.44 bits per heavy atom. The van der Waals surface area contributed by atoms with Crippen molar-refractivity contribution >= 4 is 22.3 Å². The predicted molar refractivity (Wildman–Crippen MR) is 55.1 cm³/mol. The average Bonchev–Trinajstić information content (AvgIpc) is 2.27. The molecule has 7 nitrogen and oxygen atoms in total. The number of aromatic nitrogens is 1. The number of pyridine rings is 1. The van der Waals surface area contributed by atoms with Crippen molar-refractivity contribution in [2.24, 2.45) is 0 Å². The molecule has 0 N–H and O–H groups in total. The molecule has 2 aromatic rings. The summed E-state index contributed by atoms with van der Waals surface area (Å²) >= 11 is 0. The van der Waals surface area contributed by atoms with Crippen LogP contribution in [0.15, 0.2) is 30.5 Å². The normalized spacial score (nSPS) is 10.2. The lowest BCUT2D eigenvalue weighted by Gasteiger charge is -1.98. The van der Waals surface area contributed by atoms with Crippen LogP contribution in [0, 0.1) is 20.2 Å². The third kappa shape index (κ3) is 1.54. The van der Waals surface area contributed by atoms with Gasteiger partial charge in [0.1, 0.15) is 0 Å². The van der Waals surface area contributed by atoms with Crippen LogP contribution in [0.5, 0.6) is 0 Å². The Labute approximate surface area is 88.6 Å². The van der Waals surface area contributed by atoms with Gasteiger partial charge in [0.25, 0.3) is 11.4 Å². The van der Waals surface area contributed by atoms with Crippen molar-refractivity contribution in [3.8, 4) is 0 Å². The highest BCUT2D eigenvalue weighted by molar-refractivity contribution is 5.88. The van der Waals surface area contributed by atoms with Crippen LogP contribution in [0.2, 0.25) is 0 Å². The summed E-state index contributed by atoms with van der Waals surface area (Å²) in [5.41, 5.74) is -0.0104. The Morgan fingerprint density at radius 1 is 1.06 bits per heavy atom. The van der Waals surface area contributed by atoms with Gasteiger partial charge in [0.15, 0.2) is 0 Å². The maximum Gasteiger partial charge on any atom is 0.280 e. The first-order valence-electron chi connectivity index (χ1n) is 4.27. The molecular weight excluding hydrogens is 214 g/mol. The highest BCUT2D eigenvalue weighted by Crippen LogP contribution is 2.26. The number of nitrogens with zero attached hydrogens (tertiary/aromatic N) is 3. The van der Waals surface area contributed by atoms with Gasteiger partial charge in [0.05, 0.1) is 20.7 Å². The molecule has 1 aromatic carbocycles. The highest BCUT2D eigenvalue weighted by Gasteiger charge is 2.14. The van der Waals surface area contributed by atoms with E-state index in [1.54, 1.807) is 0 Å². The number of nitro benzene ring substituents is 1. The molecule has 0 aliphatic rings. The molecule has 0 spiro atoms. The van der Waals surface area contributed by atoms with E-state index >= 15 is 0 Å². The standard InChI is InChI=1S/C9H5N3O4/c13-11(14)6-1-2-7-8(5-6)10-4-3-9(7)12(15)16/h1-5H. The van der Waals surface area contributed by atoms with E-state index in [-0.39, 0.29) is 22.3 Å². The van der Waals surface area contributed by atoms with E-state index in [4.69, 9.17) is 0 Å². The maximum absolute atomic E-state index is 10.7. The molecule has 0 fully saturated rings. The van der Waals surface area contributed by atoms with Gasteiger partial charge in [-0.25, -0.2) is 0 Å². The first-order chi connectivity index (χ1) is 7.59. The molecule has 0 aliphatic heterocycles. The quantitative estimate of drug-likeness (QED) is 0.568. The first-order valence-corrected chi connectivity index (χ1v) is 4.27. The lowest BCUT2D eigenvalue weighted by atomic mass is 10.2. The lowest BCUT2D eigenvalue weighted by molar-refractivity contribution is -0.385. The van der Waals surface area contributed by atoms with Gasteiger partial charge in [-0.05, 0) is 6.07 Å². The second-order valence-electron chi connectivity index (χ2n) is 3.05. The van der Waals surface area contributed by atoms with Crippen LogP contribution in [0.25, 0.3) is 10.9 Å². The van der Waals surface area contributed by atoms with E-state index in [2.05, 4.69) is 4.98 Å². The second kappa shape index (κ2) is 3.54. The van der Waals surface area contributed by atoms with Crippen LogP contribution >= 0.6 is 0 Å². The maximum atomic E-state index is 10.7. The van der Waals surface area contributed by atoms with Crippen molar-refractivity contribution in [1.82, 2.24) is 4.98 Å². The Balaban J connectivity index is 2.73. The molecule has 0 aliphatic carbocycles. The molecule has 0 amide bonds. The van der Waals surface area contributed by atoms with Gasteiger partial charge in [-0.15, -0.1) is 0 Å². The number of benzene rings is 1. The summed E-state index contributed by atoms with van der Waals surface area (Å²) < 4.78 is 0. The molecule has 0 atom stereocenters. The summed E-state index contributed by atoms with van der Waals surface area (Å²) in [6.07, 6.45) is 1.25. The van der Waals surface area contributed by atoms with Gasteiger partial charge in [0.2, 0.25) is 0 Å². The van der Waals surface area contributed by atoms with Gasteiger partial charge in [-0.3, -0.25) is 25.2 Å². The monoisotopic (exact) mass is 219 g/mol. The summed E-state index contributed by atoms with van der Waals surface area (Å²) in [7, 11) is 0. The van der Waals surface area contributed by atoms with Crippen molar-refractivity contribution < 1.29 is 9.85 Å². The van der Waals surface area contributed by atoms with Crippen molar-refractivity contribution in [1.29, 1.82) is 0 Å². The Kier molecular flexibility index (Phi) is 2.20. The van der Waals surface area contributed by atoms with Gasteiger partial charge in [0, 0.05) is 24.4 Å². The minimum absolute atomic E-state index is 0.111. The molecule has 0 radical (unpaired) electrons. The van der Waals surface area contributed by atoms with Gasteiger partial charge < -0.3 is 0 Å². The average molecular weight is 219 g/mol. The molecule has 7 heteroatoms. The molecule has 0 saturated carbocycles. The minimum Gasteiger partial charge on any atom is -0.258 e. The first kappa shape index (κ1) is 9.97. The number of non-ortho nitro benzene ring substituents is 1. The fourth-order valence-corrected chi connectivity index (χ4v) is 1.39. The zero-order valence-electron chi connectivity index (χ0n) is 7.86. The number of rotatable bonds is 2. The summed E-state index contributed by atoms with van der Waals surface area (Å²) in [5.74, 6) is 0. The smallest absolute Gasteiger partial charge is 0.258 e. The van der Waals surface area contributed by atoms with Crippen LogP contribution in [0.1, 0.15) is 0 Å². The van der Waals surface area contributed by atoms with E-state index in [0.29, 0.717) is 0 Å². The summed E-state index contributed by atoms with van der Waals surface area (Å²) in [4.78, 5) is 23.9. The SMILES string of the molecule is O=[N+]([O-])c1ccc2c([N+](=O)[O-])ccnc2c1. The number of fused-ring (bicyclic) bond motifs is 1. The number of nitro groups is 2. The molecule has 1 heterocycles. The van der Waals surface area contributed by atoms with E-state index < -0.39 is 9.85 Å². The Morgan fingerprint density at radius 2 is 1.81 bits per heavy atom. The van der Waals surface area contributed by atoms with E-state index in [1.165, 1.54) is 30.5 Å². The minimum atomic E-state index is -0.569. The van der Waals surface area contributed by atoms with Crippen LogP contribution in [0.3, 0.4) is 0 Å². The molecule has 0 bridgehead atoms. The third-order valence-electron chi connectivity index (χ3n) is 2.11. The molecule has 2 rings (SSSR count). The Hall–Kier alpha value is -2.57. The molecule has 0 saturated heterocycles. The van der Waals surface area contributed by atoms with E-state index in [1.807, 2.05) is 0 Å². The fraction of sp³-hybridized carbons (Fsp3) is 0. The van der Waals surface area contributed by atoms with Gasteiger partial charge >= 0.3 is 0 Å². The van der Waals surface area contributed by atoms with Crippen molar-refractivity contribution in [3.05, 3.63) is 50.7 Å². The zero-order chi connectivity index (χ0) is 11.7. The number of hydrogen-bond donors (Lipinski definition) is 0. The third-order valence-corrected chi connectivity index (χ3v) is 2.11. The van der Waals surface area contributed by atoms with Crippen molar-refractivity contribution in [3.63, 3.8) is 0 Å². The lowest BCUT2D eigenvalue weighted by Crippen LogP contribution is -1.92. The second-order valence-corrected chi connectivity index (χ2v) is 3.05. The summed E-state index contributed by atoms with van der Waals surface area (Å²) in [6.45, 7) is 0. The van der Waals surface area contributed by atoms with Crippen LogP contribution in [-0.4, -0.2) is 14.8 Å². The molecule has 80 valence electrons. The number of hydrogen-bond acceptors (Lipinski definition) is 5. The molecule has 16 heavy (non-hydrogen) atoms. The highest BCUT2D eigenvalue weighted by atomic mass is 16.6.